The molecular weight excluding hydrogens is 332 g/mol. The lowest BCUT2D eigenvalue weighted by atomic mass is 10.0. The smallest absolute Gasteiger partial charge is 0.307 e. The zero-order valence-corrected chi connectivity index (χ0v) is 13.7. The number of halogens is 2. The summed E-state index contributed by atoms with van der Waals surface area (Å²) in [4.78, 5) is 23.9. The fourth-order valence-electron chi connectivity index (χ4n) is 2.28. The number of esters is 1. The molecule has 0 fully saturated rings. The Balaban J connectivity index is 2.29. The average Bonchev–Trinajstić information content (AvgIpc) is 2.61. The summed E-state index contributed by atoms with van der Waals surface area (Å²) in [5, 5.41) is 2.47. The van der Waals surface area contributed by atoms with Gasteiger partial charge in [-0.15, -0.1) is 0 Å². The molecule has 0 aliphatic heterocycles. The number of hydrogen-bond donors (Lipinski definition) is 1. The summed E-state index contributed by atoms with van der Waals surface area (Å²) in [7, 11) is 2.72. The van der Waals surface area contributed by atoms with Crippen LogP contribution in [-0.2, 0) is 9.53 Å². The van der Waals surface area contributed by atoms with Gasteiger partial charge in [0.1, 0.15) is 22.9 Å². The lowest BCUT2D eigenvalue weighted by molar-refractivity contribution is -0.141. The van der Waals surface area contributed by atoms with Gasteiger partial charge >= 0.3 is 5.97 Å². The number of ether oxygens (including phenoxy) is 2. The topological polar surface area (TPSA) is 64.6 Å². The molecule has 132 valence electrons. The van der Waals surface area contributed by atoms with Gasteiger partial charge in [-0.2, -0.15) is 0 Å². The van der Waals surface area contributed by atoms with Crippen molar-refractivity contribution in [1.29, 1.82) is 0 Å². The highest BCUT2D eigenvalue weighted by molar-refractivity contribution is 5.95. The molecule has 5 nitrogen and oxygen atoms in total. The third kappa shape index (κ3) is 4.53. The van der Waals surface area contributed by atoms with Crippen LogP contribution in [0.25, 0.3) is 0 Å². The molecule has 0 bridgehead atoms. The molecule has 0 saturated carbocycles. The Bertz CT molecular complexity index is 742. The second kappa shape index (κ2) is 8.23. The van der Waals surface area contributed by atoms with E-state index in [4.69, 9.17) is 4.74 Å². The molecule has 0 spiro atoms. The molecule has 0 radical (unpaired) electrons. The first-order valence-corrected chi connectivity index (χ1v) is 7.42. The molecule has 1 amide bonds. The minimum absolute atomic E-state index is 0.190. The van der Waals surface area contributed by atoms with Crippen molar-refractivity contribution in [1.82, 2.24) is 5.32 Å². The van der Waals surface area contributed by atoms with E-state index in [9.17, 15) is 18.4 Å². The number of methoxy groups -OCH3 is 2. The minimum atomic E-state index is -0.982. The minimum Gasteiger partial charge on any atom is -0.497 e. The van der Waals surface area contributed by atoms with Gasteiger partial charge in [-0.1, -0.05) is 18.2 Å². The molecule has 1 unspecified atom stereocenters. The molecular formula is C18H17F2NO4. The van der Waals surface area contributed by atoms with E-state index in [0.717, 1.165) is 18.2 Å². The van der Waals surface area contributed by atoms with Gasteiger partial charge in [-0.3, -0.25) is 9.59 Å². The Morgan fingerprint density at radius 2 is 1.64 bits per heavy atom. The van der Waals surface area contributed by atoms with Crippen molar-refractivity contribution >= 4 is 11.9 Å². The monoisotopic (exact) mass is 349 g/mol. The Morgan fingerprint density at radius 1 is 1.04 bits per heavy atom. The lowest BCUT2D eigenvalue weighted by Crippen LogP contribution is -2.31. The van der Waals surface area contributed by atoms with E-state index >= 15 is 0 Å². The average molecular weight is 349 g/mol. The van der Waals surface area contributed by atoms with Crippen LogP contribution in [-0.4, -0.2) is 26.1 Å². The van der Waals surface area contributed by atoms with Gasteiger partial charge < -0.3 is 14.8 Å². The lowest BCUT2D eigenvalue weighted by Gasteiger charge is -2.19. The van der Waals surface area contributed by atoms with Crippen LogP contribution in [0.3, 0.4) is 0 Å². The molecule has 7 heteroatoms. The number of hydrogen-bond acceptors (Lipinski definition) is 4. The predicted molar refractivity (Wildman–Crippen MR) is 86.2 cm³/mol. The fourth-order valence-corrected chi connectivity index (χ4v) is 2.28. The fraction of sp³-hybridized carbons (Fsp3) is 0.222. The van der Waals surface area contributed by atoms with Crippen molar-refractivity contribution < 1.29 is 27.8 Å². The molecule has 0 heterocycles. The number of carbonyl (C=O) groups excluding carboxylic acids is 2. The maximum absolute atomic E-state index is 13.8. The molecule has 0 aromatic heterocycles. The Hall–Kier alpha value is -2.96. The normalized spacial score (nSPS) is 11.5. The first-order valence-electron chi connectivity index (χ1n) is 7.42. The van der Waals surface area contributed by atoms with Crippen molar-refractivity contribution in [2.75, 3.05) is 14.2 Å². The van der Waals surface area contributed by atoms with Gasteiger partial charge in [0, 0.05) is 0 Å². The van der Waals surface area contributed by atoms with E-state index in [1.807, 2.05) is 0 Å². The molecule has 1 atom stereocenters. The molecule has 0 aliphatic carbocycles. The zero-order valence-electron chi connectivity index (χ0n) is 13.7. The van der Waals surface area contributed by atoms with E-state index in [0.29, 0.717) is 11.3 Å². The van der Waals surface area contributed by atoms with Crippen LogP contribution in [0.1, 0.15) is 28.4 Å². The SMILES string of the molecule is COC(=O)CC(NC(=O)c1c(F)cccc1F)c1ccc(OC)cc1. The third-order valence-electron chi connectivity index (χ3n) is 3.61. The van der Waals surface area contributed by atoms with Gasteiger partial charge in [0.15, 0.2) is 0 Å². The van der Waals surface area contributed by atoms with Crippen molar-refractivity contribution in [3.05, 3.63) is 65.2 Å². The van der Waals surface area contributed by atoms with Crippen molar-refractivity contribution in [2.45, 2.75) is 12.5 Å². The van der Waals surface area contributed by atoms with E-state index in [2.05, 4.69) is 10.1 Å². The van der Waals surface area contributed by atoms with Gasteiger partial charge in [-0.25, -0.2) is 8.78 Å². The van der Waals surface area contributed by atoms with Gasteiger partial charge in [0.2, 0.25) is 0 Å². The maximum Gasteiger partial charge on any atom is 0.307 e. The summed E-state index contributed by atoms with van der Waals surface area (Å²) in [6.45, 7) is 0. The first-order chi connectivity index (χ1) is 12.0. The third-order valence-corrected chi connectivity index (χ3v) is 3.61. The Kier molecular flexibility index (Phi) is 6.05. The Labute approximate surface area is 143 Å². The molecule has 2 aromatic carbocycles. The molecule has 0 aliphatic rings. The highest BCUT2D eigenvalue weighted by Gasteiger charge is 2.23. The molecule has 2 rings (SSSR count). The number of carbonyl (C=O) groups is 2. The van der Waals surface area contributed by atoms with Crippen molar-refractivity contribution in [3.8, 4) is 5.75 Å². The van der Waals surface area contributed by atoms with Crippen LogP contribution >= 0.6 is 0 Å². The van der Waals surface area contributed by atoms with Crippen LogP contribution in [0.15, 0.2) is 42.5 Å². The summed E-state index contributed by atoms with van der Waals surface area (Å²) in [6, 6.07) is 8.91. The summed E-state index contributed by atoms with van der Waals surface area (Å²) >= 11 is 0. The Morgan fingerprint density at radius 3 is 2.16 bits per heavy atom. The largest absolute Gasteiger partial charge is 0.497 e. The van der Waals surface area contributed by atoms with Crippen LogP contribution in [0.5, 0.6) is 5.75 Å². The highest BCUT2D eigenvalue weighted by atomic mass is 19.1. The quantitative estimate of drug-likeness (QED) is 0.815. The molecule has 2 aromatic rings. The number of nitrogens with one attached hydrogen (secondary N) is 1. The van der Waals surface area contributed by atoms with Crippen molar-refractivity contribution in [3.63, 3.8) is 0 Å². The second-order valence-electron chi connectivity index (χ2n) is 5.18. The van der Waals surface area contributed by atoms with E-state index < -0.39 is 35.1 Å². The number of rotatable bonds is 6. The second-order valence-corrected chi connectivity index (χ2v) is 5.18. The highest BCUT2D eigenvalue weighted by Crippen LogP contribution is 2.22. The van der Waals surface area contributed by atoms with E-state index in [-0.39, 0.29) is 6.42 Å². The van der Waals surface area contributed by atoms with Crippen LogP contribution in [0.4, 0.5) is 8.78 Å². The van der Waals surface area contributed by atoms with Crippen molar-refractivity contribution in [2.24, 2.45) is 0 Å². The molecule has 25 heavy (non-hydrogen) atoms. The summed E-state index contributed by atoms with van der Waals surface area (Å²) in [5.41, 5.74) is -0.137. The van der Waals surface area contributed by atoms with E-state index in [1.54, 1.807) is 24.3 Å². The zero-order chi connectivity index (χ0) is 18.4. The van der Waals surface area contributed by atoms with Crippen LogP contribution in [0, 0.1) is 11.6 Å². The van der Waals surface area contributed by atoms with Crippen LogP contribution < -0.4 is 10.1 Å². The summed E-state index contributed by atoms with van der Waals surface area (Å²) in [5.74, 6) is -2.91. The molecule has 0 saturated heterocycles. The maximum atomic E-state index is 13.8. The van der Waals surface area contributed by atoms with Crippen LogP contribution in [0.2, 0.25) is 0 Å². The number of amides is 1. The summed E-state index contributed by atoms with van der Waals surface area (Å²) in [6.07, 6.45) is -0.190. The predicted octanol–water partition coefficient (Wildman–Crippen LogP) is 3.01. The standard InChI is InChI=1S/C18H17F2NO4/c1-24-12-8-6-11(7-9-12)15(10-16(22)25-2)21-18(23)17-13(19)4-3-5-14(17)20/h3-9,15H,10H2,1-2H3,(H,21,23). The van der Waals surface area contributed by atoms with E-state index in [1.165, 1.54) is 14.2 Å². The summed E-state index contributed by atoms with van der Waals surface area (Å²) < 4.78 is 37.2. The molecule has 1 N–H and O–H groups in total. The van der Waals surface area contributed by atoms with Gasteiger partial charge in [0.25, 0.3) is 5.91 Å². The first kappa shape index (κ1) is 18.4. The number of benzene rings is 2. The van der Waals surface area contributed by atoms with Gasteiger partial charge in [0.05, 0.1) is 26.7 Å². The van der Waals surface area contributed by atoms with Gasteiger partial charge in [-0.05, 0) is 29.8 Å².